The number of nitrogens with zero attached hydrogens (tertiary/aromatic N) is 2. The van der Waals surface area contributed by atoms with E-state index in [0.717, 1.165) is 6.20 Å². The summed E-state index contributed by atoms with van der Waals surface area (Å²) in [5.74, 6) is -0.0917. The second-order valence-electron chi connectivity index (χ2n) is 3.31. The lowest BCUT2D eigenvalue weighted by Gasteiger charge is -2.08. The first-order chi connectivity index (χ1) is 8.60. The van der Waals surface area contributed by atoms with Gasteiger partial charge in [0.1, 0.15) is 5.75 Å². The SMILES string of the molecule is COc1ccc(Nc2nc(Cl)ncc2F)cc1Cl. The fourth-order valence-corrected chi connectivity index (χ4v) is 1.71. The molecule has 0 fully saturated rings. The third-order valence-corrected chi connectivity index (χ3v) is 2.61. The molecule has 0 atom stereocenters. The Morgan fingerprint density at radius 3 is 2.78 bits per heavy atom. The number of aromatic nitrogens is 2. The van der Waals surface area contributed by atoms with E-state index in [9.17, 15) is 4.39 Å². The van der Waals surface area contributed by atoms with E-state index in [2.05, 4.69) is 15.3 Å². The van der Waals surface area contributed by atoms with E-state index in [1.807, 2.05) is 0 Å². The van der Waals surface area contributed by atoms with Crippen LogP contribution < -0.4 is 10.1 Å². The van der Waals surface area contributed by atoms with Crippen molar-refractivity contribution in [1.29, 1.82) is 0 Å². The number of rotatable bonds is 3. The largest absolute Gasteiger partial charge is 0.495 e. The maximum absolute atomic E-state index is 13.4. The van der Waals surface area contributed by atoms with Crippen LogP contribution >= 0.6 is 23.2 Å². The molecule has 0 unspecified atom stereocenters. The third kappa shape index (κ3) is 2.80. The van der Waals surface area contributed by atoms with Gasteiger partial charge in [0.2, 0.25) is 5.28 Å². The molecular formula is C11H8Cl2FN3O. The predicted octanol–water partition coefficient (Wildman–Crippen LogP) is 3.67. The lowest BCUT2D eigenvalue weighted by Crippen LogP contribution is -1.99. The highest BCUT2D eigenvalue weighted by Gasteiger charge is 2.08. The van der Waals surface area contributed by atoms with Gasteiger partial charge in [-0.1, -0.05) is 11.6 Å². The average Bonchev–Trinajstić information content (AvgIpc) is 2.34. The normalized spacial score (nSPS) is 10.2. The van der Waals surface area contributed by atoms with Crippen LogP contribution in [0.2, 0.25) is 10.3 Å². The van der Waals surface area contributed by atoms with Crippen molar-refractivity contribution in [1.82, 2.24) is 9.97 Å². The number of halogens is 3. The van der Waals surface area contributed by atoms with Crippen LogP contribution in [0.5, 0.6) is 5.75 Å². The number of ether oxygens (including phenoxy) is 1. The summed E-state index contributed by atoms with van der Waals surface area (Å²) < 4.78 is 18.4. The molecule has 0 aliphatic rings. The van der Waals surface area contributed by atoms with Gasteiger partial charge >= 0.3 is 0 Å². The van der Waals surface area contributed by atoms with Gasteiger partial charge in [-0.2, -0.15) is 4.98 Å². The van der Waals surface area contributed by atoms with Crippen LogP contribution in [-0.4, -0.2) is 17.1 Å². The number of anilines is 2. The van der Waals surface area contributed by atoms with Gasteiger partial charge in [0.15, 0.2) is 11.6 Å². The lowest BCUT2D eigenvalue weighted by molar-refractivity contribution is 0.415. The topological polar surface area (TPSA) is 47.0 Å². The summed E-state index contributed by atoms with van der Waals surface area (Å²) in [6.07, 6.45) is 0.989. The highest BCUT2D eigenvalue weighted by atomic mass is 35.5. The fourth-order valence-electron chi connectivity index (χ4n) is 1.31. The van der Waals surface area contributed by atoms with Crippen molar-refractivity contribution in [3.05, 3.63) is 40.5 Å². The van der Waals surface area contributed by atoms with E-state index in [1.165, 1.54) is 7.11 Å². The Kier molecular flexibility index (Phi) is 3.84. The van der Waals surface area contributed by atoms with Gasteiger partial charge in [0.05, 0.1) is 18.3 Å². The third-order valence-electron chi connectivity index (χ3n) is 2.13. The molecule has 0 bridgehead atoms. The number of nitrogens with one attached hydrogen (secondary N) is 1. The summed E-state index contributed by atoms with van der Waals surface area (Å²) in [5.41, 5.74) is 0.564. The Morgan fingerprint density at radius 2 is 2.11 bits per heavy atom. The molecule has 2 rings (SSSR count). The number of hydrogen-bond donors (Lipinski definition) is 1. The number of benzene rings is 1. The first-order valence-electron chi connectivity index (χ1n) is 4.89. The van der Waals surface area contributed by atoms with Crippen molar-refractivity contribution in [2.45, 2.75) is 0 Å². The van der Waals surface area contributed by atoms with E-state index < -0.39 is 5.82 Å². The Bertz CT molecular complexity index is 580. The van der Waals surface area contributed by atoms with Crippen LogP contribution in [0.4, 0.5) is 15.9 Å². The molecule has 1 heterocycles. The van der Waals surface area contributed by atoms with Crippen molar-refractivity contribution >= 4 is 34.7 Å². The second-order valence-corrected chi connectivity index (χ2v) is 4.06. The van der Waals surface area contributed by atoms with Gasteiger partial charge in [0.25, 0.3) is 0 Å². The van der Waals surface area contributed by atoms with Crippen molar-refractivity contribution in [2.75, 3.05) is 12.4 Å². The van der Waals surface area contributed by atoms with Gasteiger partial charge < -0.3 is 10.1 Å². The van der Waals surface area contributed by atoms with Crippen LogP contribution in [-0.2, 0) is 0 Å². The smallest absolute Gasteiger partial charge is 0.224 e. The van der Waals surface area contributed by atoms with Crippen LogP contribution in [0.25, 0.3) is 0 Å². The Hall–Kier alpha value is -1.59. The summed E-state index contributed by atoms with van der Waals surface area (Å²) >= 11 is 11.5. The van der Waals surface area contributed by atoms with Gasteiger partial charge in [0, 0.05) is 5.69 Å². The van der Waals surface area contributed by atoms with Gasteiger partial charge in [-0.15, -0.1) is 0 Å². The molecule has 0 amide bonds. The molecule has 0 aliphatic carbocycles. The zero-order valence-electron chi connectivity index (χ0n) is 9.25. The standard InChI is InChI=1S/C11H8Cl2FN3O/c1-18-9-3-2-6(4-7(9)12)16-10-8(14)5-15-11(13)17-10/h2-5H,1H3,(H,15,16,17). The van der Waals surface area contributed by atoms with E-state index >= 15 is 0 Å². The quantitative estimate of drug-likeness (QED) is 0.875. The van der Waals surface area contributed by atoms with Crippen molar-refractivity contribution < 1.29 is 9.13 Å². The lowest BCUT2D eigenvalue weighted by atomic mass is 10.3. The molecule has 1 aromatic heterocycles. The highest BCUT2D eigenvalue weighted by Crippen LogP contribution is 2.29. The van der Waals surface area contributed by atoms with Gasteiger partial charge in [-0.05, 0) is 29.8 Å². The second kappa shape index (κ2) is 5.37. The molecular weight excluding hydrogens is 280 g/mol. The van der Waals surface area contributed by atoms with Crippen LogP contribution in [0.3, 0.4) is 0 Å². The highest BCUT2D eigenvalue weighted by molar-refractivity contribution is 6.32. The minimum Gasteiger partial charge on any atom is -0.495 e. The summed E-state index contributed by atoms with van der Waals surface area (Å²) in [7, 11) is 1.51. The number of methoxy groups -OCH3 is 1. The van der Waals surface area contributed by atoms with Crippen LogP contribution in [0.15, 0.2) is 24.4 Å². The summed E-state index contributed by atoms with van der Waals surface area (Å²) in [4.78, 5) is 7.25. The van der Waals surface area contributed by atoms with Crippen molar-refractivity contribution in [2.24, 2.45) is 0 Å². The average molecular weight is 288 g/mol. The molecule has 4 nitrogen and oxygen atoms in total. The van der Waals surface area contributed by atoms with Crippen LogP contribution in [0, 0.1) is 5.82 Å². The Labute approximate surface area is 113 Å². The molecule has 0 saturated heterocycles. The zero-order valence-corrected chi connectivity index (χ0v) is 10.8. The van der Waals surface area contributed by atoms with E-state index in [1.54, 1.807) is 18.2 Å². The summed E-state index contributed by atoms with van der Waals surface area (Å²) in [6.45, 7) is 0. The maximum atomic E-state index is 13.4. The maximum Gasteiger partial charge on any atom is 0.224 e. The molecule has 1 N–H and O–H groups in total. The van der Waals surface area contributed by atoms with Gasteiger partial charge in [-0.3, -0.25) is 0 Å². The Balaban J connectivity index is 2.28. The summed E-state index contributed by atoms with van der Waals surface area (Å²) in [5, 5.41) is 3.12. The van der Waals surface area contributed by atoms with Crippen LogP contribution in [0.1, 0.15) is 0 Å². The minimum atomic E-state index is -0.605. The molecule has 7 heteroatoms. The fraction of sp³-hybridized carbons (Fsp3) is 0.0909. The molecule has 1 aromatic carbocycles. The minimum absolute atomic E-state index is 0.0174. The number of hydrogen-bond acceptors (Lipinski definition) is 4. The predicted molar refractivity (Wildman–Crippen MR) is 68.3 cm³/mol. The molecule has 18 heavy (non-hydrogen) atoms. The van der Waals surface area contributed by atoms with Gasteiger partial charge in [-0.25, -0.2) is 9.37 Å². The Morgan fingerprint density at radius 1 is 1.33 bits per heavy atom. The molecule has 0 saturated carbocycles. The molecule has 2 aromatic rings. The molecule has 94 valence electrons. The first kappa shape index (κ1) is 12.9. The van der Waals surface area contributed by atoms with Crippen molar-refractivity contribution in [3.8, 4) is 5.75 Å². The molecule has 0 aliphatic heterocycles. The summed E-state index contributed by atoms with van der Waals surface area (Å²) in [6, 6.07) is 4.93. The van der Waals surface area contributed by atoms with E-state index in [0.29, 0.717) is 16.5 Å². The first-order valence-corrected chi connectivity index (χ1v) is 5.64. The van der Waals surface area contributed by atoms with E-state index in [-0.39, 0.29) is 11.1 Å². The monoisotopic (exact) mass is 287 g/mol. The molecule has 0 radical (unpaired) electrons. The zero-order chi connectivity index (χ0) is 13.1. The van der Waals surface area contributed by atoms with E-state index in [4.69, 9.17) is 27.9 Å². The molecule has 0 spiro atoms. The van der Waals surface area contributed by atoms with Crippen molar-refractivity contribution in [3.63, 3.8) is 0 Å².